The molecule has 0 radical (unpaired) electrons. The highest BCUT2D eigenvalue weighted by atomic mass is 16.5. The lowest BCUT2D eigenvalue weighted by atomic mass is 9.86. The molecule has 2 amide bonds. The van der Waals surface area contributed by atoms with Gasteiger partial charge in [-0.05, 0) is 34.9 Å². The van der Waals surface area contributed by atoms with Gasteiger partial charge in [0.05, 0.1) is 13.2 Å². The molecule has 170 valence electrons. The first-order chi connectivity index (χ1) is 16.6. The van der Waals surface area contributed by atoms with Crippen LogP contribution >= 0.6 is 0 Å². The van der Waals surface area contributed by atoms with Crippen molar-refractivity contribution < 1.29 is 14.3 Å². The van der Waals surface area contributed by atoms with Crippen molar-refractivity contribution in [2.45, 2.75) is 25.0 Å². The van der Waals surface area contributed by atoms with Gasteiger partial charge in [0.1, 0.15) is 18.3 Å². The van der Waals surface area contributed by atoms with Gasteiger partial charge in [0, 0.05) is 29.6 Å². The lowest BCUT2D eigenvalue weighted by molar-refractivity contribution is -0.159. The van der Waals surface area contributed by atoms with Crippen LogP contribution in [-0.4, -0.2) is 46.3 Å². The lowest BCUT2D eigenvalue weighted by Gasteiger charge is -2.47. The Balaban J connectivity index is 1.41. The number of hydrogen-bond donors (Lipinski definition) is 1. The van der Waals surface area contributed by atoms with E-state index in [0.717, 1.165) is 39.0 Å². The van der Waals surface area contributed by atoms with E-state index in [2.05, 4.69) is 11.1 Å². The molecule has 0 saturated carbocycles. The molecule has 1 N–H and O–H groups in total. The van der Waals surface area contributed by atoms with Crippen molar-refractivity contribution in [2.24, 2.45) is 0 Å². The summed E-state index contributed by atoms with van der Waals surface area (Å²) >= 11 is 0. The Morgan fingerprint density at radius 3 is 2.44 bits per heavy atom. The molecular formula is C28H25N3O3. The monoisotopic (exact) mass is 451 g/mol. The minimum Gasteiger partial charge on any atom is -0.497 e. The second-order valence-electron chi connectivity index (χ2n) is 8.94. The molecular weight excluding hydrogens is 426 g/mol. The highest BCUT2D eigenvalue weighted by Crippen LogP contribution is 2.42. The fourth-order valence-corrected chi connectivity index (χ4v) is 5.39. The molecule has 6 rings (SSSR count). The van der Waals surface area contributed by atoms with Crippen LogP contribution in [0.15, 0.2) is 78.9 Å². The van der Waals surface area contributed by atoms with Crippen LogP contribution in [0.5, 0.6) is 5.75 Å². The number of carbonyl (C=O) groups excluding carboxylic acids is 2. The van der Waals surface area contributed by atoms with Crippen LogP contribution in [0.25, 0.3) is 10.9 Å². The third-order valence-electron chi connectivity index (χ3n) is 6.99. The average Bonchev–Trinajstić information content (AvgIpc) is 3.25. The summed E-state index contributed by atoms with van der Waals surface area (Å²) in [5.74, 6) is 0.726. The van der Waals surface area contributed by atoms with Gasteiger partial charge in [0.2, 0.25) is 11.8 Å². The zero-order valence-corrected chi connectivity index (χ0v) is 18.9. The molecule has 1 saturated heterocycles. The van der Waals surface area contributed by atoms with E-state index in [1.807, 2.05) is 72.8 Å². The van der Waals surface area contributed by atoms with Gasteiger partial charge in [-0.1, -0.05) is 60.7 Å². The smallest absolute Gasteiger partial charge is 0.246 e. The normalized spacial score (nSPS) is 19.8. The Hall–Kier alpha value is -4.06. The second-order valence-corrected chi connectivity index (χ2v) is 8.94. The zero-order chi connectivity index (χ0) is 23.2. The molecule has 2 atom stereocenters. The van der Waals surface area contributed by atoms with Crippen molar-refractivity contribution >= 4 is 22.7 Å². The van der Waals surface area contributed by atoms with Gasteiger partial charge < -0.3 is 19.5 Å². The van der Waals surface area contributed by atoms with Crippen LogP contribution in [0.3, 0.4) is 0 Å². The summed E-state index contributed by atoms with van der Waals surface area (Å²) < 4.78 is 5.24. The number of amides is 2. The number of H-pyrrole nitrogens is 1. The highest BCUT2D eigenvalue weighted by Gasteiger charge is 2.48. The number of benzene rings is 3. The van der Waals surface area contributed by atoms with Crippen LogP contribution in [0.2, 0.25) is 0 Å². The minimum atomic E-state index is -0.531. The molecule has 6 heteroatoms. The maximum Gasteiger partial charge on any atom is 0.246 e. The van der Waals surface area contributed by atoms with Gasteiger partial charge in [-0.2, -0.15) is 0 Å². The second kappa shape index (κ2) is 8.06. The number of rotatable bonds is 4. The number of carbonyl (C=O) groups is 2. The van der Waals surface area contributed by atoms with Gasteiger partial charge >= 0.3 is 0 Å². The predicted octanol–water partition coefficient (Wildman–Crippen LogP) is 4.06. The topological polar surface area (TPSA) is 65.6 Å². The molecule has 2 aliphatic rings. The molecule has 1 aromatic heterocycles. The molecule has 2 unspecified atom stereocenters. The third kappa shape index (κ3) is 3.25. The quantitative estimate of drug-likeness (QED) is 0.509. The molecule has 0 bridgehead atoms. The van der Waals surface area contributed by atoms with Gasteiger partial charge in [0.15, 0.2) is 0 Å². The summed E-state index contributed by atoms with van der Waals surface area (Å²) in [5.41, 5.74) is 5.14. The Morgan fingerprint density at radius 1 is 0.941 bits per heavy atom. The zero-order valence-electron chi connectivity index (χ0n) is 18.9. The summed E-state index contributed by atoms with van der Waals surface area (Å²) in [6, 6.07) is 24.9. The minimum absolute atomic E-state index is 0.00715. The summed E-state index contributed by atoms with van der Waals surface area (Å²) in [7, 11) is 1.63. The predicted molar refractivity (Wildman–Crippen MR) is 129 cm³/mol. The van der Waals surface area contributed by atoms with Gasteiger partial charge in [-0.3, -0.25) is 9.59 Å². The molecule has 4 aromatic rings. The van der Waals surface area contributed by atoms with E-state index < -0.39 is 6.04 Å². The van der Waals surface area contributed by atoms with Crippen LogP contribution in [-0.2, 0) is 22.6 Å². The van der Waals surface area contributed by atoms with Crippen LogP contribution in [0, 0.1) is 0 Å². The lowest BCUT2D eigenvalue weighted by Crippen LogP contribution is -2.62. The van der Waals surface area contributed by atoms with Crippen molar-refractivity contribution in [3.05, 3.63) is 101 Å². The maximum atomic E-state index is 13.8. The van der Waals surface area contributed by atoms with Crippen molar-refractivity contribution in [3.63, 3.8) is 0 Å². The number of methoxy groups -OCH3 is 1. The molecule has 34 heavy (non-hydrogen) atoms. The van der Waals surface area contributed by atoms with Crippen LogP contribution in [0.4, 0.5) is 0 Å². The fourth-order valence-electron chi connectivity index (χ4n) is 5.39. The first-order valence-electron chi connectivity index (χ1n) is 11.5. The number of aromatic amines is 1. The number of aromatic nitrogens is 1. The van der Waals surface area contributed by atoms with Crippen molar-refractivity contribution in [1.82, 2.24) is 14.8 Å². The van der Waals surface area contributed by atoms with E-state index in [4.69, 9.17) is 4.74 Å². The molecule has 1 fully saturated rings. The van der Waals surface area contributed by atoms with Crippen molar-refractivity contribution in [3.8, 4) is 5.75 Å². The van der Waals surface area contributed by atoms with E-state index >= 15 is 0 Å². The molecule has 3 heterocycles. The van der Waals surface area contributed by atoms with Crippen molar-refractivity contribution in [1.29, 1.82) is 0 Å². The summed E-state index contributed by atoms with van der Waals surface area (Å²) in [6.45, 7) is 0.468. The molecule has 6 nitrogen and oxygen atoms in total. The van der Waals surface area contributed by atoms with Gasteiger partial charge in [-0.25, -0.2) is 0 Å². The van der Waals surface area contributed by atoms with Crippen molar-refractivity contribution in [2.75, 3.05) is 13.7 Å². The summed E-state index contributed by atoms with van der Waals surface area (Å²) in [4.78, 5) is 34.4. The molecule has 0 spiro atoms. The van der Waals surface area contributed by atoms with E-state index in [0.29, 0.717) is 13.0 Å². The number of fused-ring (bicyclic) bond motifs is 4. The largest absolute Gasteiger partial charge is 0.497 e. The summed E-state index contributed by atoms with van der Waals surface area (Å²) in [6.07, 6.45) is 0.506. The van der Waals surface area contributed by atoms with E-state index in [9.17, 15) is 9.59 Å². The number of para-hydroxylation sites is 1. The molecule has 3 aromatic carbocycles. The first kappa shape index (κ1) is 20.5. The Bertz CT molecular complexity index is 1380. The Morgan fingerprint density at radius 2 is 1.68 bits per heavy atom. The van der Waals surface area contributed by atoms with E-state index in [-0.39, 0.29) is 24.4 Å². The number of nitrogens with one attached hydrogen (secondary N) is 1. The first-order valence-corrected chi connectivity index (χ1v) is 11.5. The highest BCUT2D eigenvalue weighted by molar-refractivity contribution is 5.97. The fraction of sp³-hybridized carbons (Fsp3) is 0.214. The number of nitrogens with zero attached hydrogens (tertiary/aromatic N) is 2. The van der Waals surface area contributed by atoms with Crippen LogP contribution in [0.1, 0.15) is 28.4 Å². The number of ether oxygens (including phenoxy) is 1. The van der Waals surface area contributed by atoms with Gasteiger partial charge in [0.25, 0.3) is 0 Å². The Kier molecular flexibility index (Phi) is 4.87. The Labute approximate surface area is 197 Å². The van der Waals surface area contributed by atoms with E-state index in [1.165, 1.54) is 0 Å². The SMILES string of the molecule is COc1ccc(CN2CC(=O)N3C(Cc4c([nH]c5ccccc45)C3c3ccccc3)C2=O)cc1. The number of piperazine rings is 1. The molecule has 2 aliphatic heterocycles. The van der Waals surface area contributed by atoms with E-state index in [1.54, 1.807) is 16.9 Å². The third-order valence-corrected chi connectivity index (χ3v) is 6.99. The molecule has 0 aliphatic carbocycles. The van der Waals surface area contributed by atoms with Gasteiger partial charge in [-0.15, -0.1) is 0 Å². The average molecular weight is 452 g/mol. The number of hydrogen-bond acceptors (Lipinski definition) is 3. The maximum absolute atomic E-state index is 13.8. The standard InChI is InChI=1S/C28H25N3O3/c1-34-20-13-11-18(12-14-20)16-30-17-25(32)31-24(28(30)33)15-22-21-9-5-6-10-23(21)29-26(22)27(31)19-7-3-2-4-8-19/h2-14,24,27,29H,15-17H2,1H3. The summed E-state index contributed by atoms with van der Waals surface area (Å²) in [5, 5.41) is 1.12. The van der Waals surface area contributed by atoms with Crippen LogP contribution < -0.4 is 4.74 Å².